The number of nitrogens with zero attached hydrogens (tertiary/aromatic N) is 1. The fourth-order valence-corrected chi connectivity index (χ4v) is 2.50. The Balaban J connectivity index is 1.91. The second kappa shape index (κ2) is 4.58. The predicted octanol–water partition coefficient (Wildman–Crippen LogP) is 3.55. The molecule has 0 atom stereocenters. The van der Waals surface area contributed by atoms with Crippen LogP contribution in [-0.2, 0) is 0 Å². The molecule has 0 fully saturated rings. The molecule has 3 nitrogen and oxygen atoms in total. The van der Waals surface area contributed by atoms with E-state index in [2.05, 4.69) is 9.69 Å². The molecule has 1 amide bonds. The van der Waals surface area contributed by atoms with Gasteiger partial charge in [-0.1, -0.05) is 30.3 Å². The van der Waals surface area contributed by atoms with E-state index >= 15 is 0 Å². The topological polar surface area (TPSA) is 42.0 Å². The largest absolute Gasteiger partial charge is 0.312 e. The standard InChI is InChI=1S/C14H10N2OS/c17-13(10-6-2-1-3-7-10)15-14-11-8-4-5-9-12(11)16-18-14/h1-9H,(H,15,17). The molecule has 0 saturated carbocycles. The van der Waals surface area contributed by atoms with Crippen molar-refractivity contribution in [2.45, 2.75) is 0 Å². The first-order valence-electron chi connectivity index (χ1n) is 5.55. The number of aromatic nitrogens is 1. The third kappa shape index (κ3) is 1.98. The van der Waals surface area contributed by atoms with Gasteiger partial charge < -0.3 is 5.32 Å². The molecule has 3 rings (SSSR count). The molecule has 88 valence electrons. The van der Waals surface area contributed by atoms with E-state index in [1.165, 1.54) is 11.5 Å². The summed E-state index contributed by atoms with van der Waals surface area (Å²) in [5.74, 6) is -0.106. The average Bonchev–Trinajstić information content (AvgIpc) is 2.83. The van der Waals surface area contributed by atoms with Gasteiger partial charge in [0.25, 0.3) is 5.91 Å². The van der Waals surface area contributed by atoms with E-state index in [9.17, 15) is 4.79 Å². The van der Waals surface area contributed by atoms with Gasteiger partial charge in [0.1, 0.15) is 5.00 Å². The Labute approximate surface area is 108 Å². The molecule has 0 spiro atoms. The van der Waals surface area contributed by atoms with Gasteiger partial charge in [-0.3, -0.25) is 4.79 Å². The molecule has 18 heavy (non-hydrogen) atoms. The van der Waals surface area contributed by atoms with Gasteiger partial charge in [-0.15, -0.1) is 0 Å². The Morgan fingerprint density at radius 3 is 2.56 bits per heavy atom. The lowest BCUT2D eigenvalue weighted by atomic mass is 10.2. The van der Waals surface area contributed by atoms with Gasteiger partial charge in [-0.25, -0.2) is 0 Å². The zero-order chi connectivity index (χ0) is 12.4. The minimum absolute atomic E-state index is 0.106. The second-order valence-electron chi connectivity index (χ2n) is 3.85. The van der Waals surface area contributed by atoms with Crippen LogP contribution in [0.4, 0.5) is 5.00 Å². The number of rotatable bonds is 2. The van der Waals surface area contributed by atoms with E-state index in [1.54, 1.807) is 12.1 Å². The van der Waals surface area contributed by atoms with E-state index in [-0.39, 0.29) is 5.91 Å². The molecule has 4 heteroatoms. The number of carbonyl (C=O) groups is 1. The van der Waals surface area contributed by atoms with E-state index < -0.39 is 0 Å². The van der Waals surface area contributed by atoms with E-state index in [1.807, 2.05) is 42.5 Å². The summed E-state index contributed by atoms with van der Waals surface area (Å²) in [4.78, 5) is 12.0. The Bertz CT molecular complexity index is 691. The maximum absolute atomic E-state index is 12.0. The summed E-state index contributed by atoms with van der Waals surface area (Å²) in [6.45, 7) is 0. The summed E-state index contributed by atoms with van der Waals surface area (Å²) >= 11 is 1.30. The van der Waals surface area contributed by atoms with Crippen LogP contribution in [0.15, 0.2) is 54.6 Å². The van der Waals surface area contributed by atoms with Gasteiger partial charge in [0, 0.05) is 10.9 Å². The van der Waals surface area contributed by atoms with E-state index in [4.69, 9.17) is 0 Å². The smallest absolute Gasteiger partial charge is 0.256 e. The molecule has 0 aliphatic rings. The highest BCUT2D eigenvalue weighted by Gasteiger charge is 2.10. The molecule has 1 heterocycles. The first-order valence-corrected chi connectivity index (χ1v) is 6.33. The number of hydrogen-bond acceptors (Lipinski definition) is 3. The summed E-state index contributed by atoms with van der Waals surface area (Å²) < 4.78 is 4.29. The summed E-state index contributed by atoms with van der Waals surface area (Å²) in [6.07, 6.45) is 0. The van der Waals surface area contributed by atoms with Crippen molar-refractivity contribution in [2.24, 2.45) is 0 Å². The summed E-state index contributed by atoms with van der Waals surface area (Å²) in [5.41, 5.74) is 1.56. The average molecular weight is 254 g/mol. The molecule has 1 aromatic heterocycles. The number of benzene rings is 2. The van der Waals surface area contributed by atoms with Gasteiger partial charge in [0.2, 0.25) is 0 Å². The Hall–Kier alpha value is -2.20. The third-order valence-corrected chi connectivity index (χ3v) is 3.44. The summed E-state index contributed by atoms with van der Waals surface area (Å²) in [6, 6.07) is 16.9. The van der Waals surface area contributed by atoms with Crippen LogP contribution in [0.2, 0.25) is 0 Å². The summed E-state index contributed by atoms with van der Waals surface area (Å²) in [7, 11) is 0. The number of hydrogen-bond donors (Lipinski definition) is 1. The number of fused-ring (bicyclic) bond motifs is 1. The Kier molecular flexibility index (Phi) is 2.78. The molecular weight excluding hydrogens is 244 g/mol. The molecule has 0 aliphatic heterocycles. The van der Waals surface area contributed by atoms with Gasteiger partial charge in [0.15, 0.2) is 0 Å². The first-order chi connectivity index (χ1) is 8.84. The van der Waals surface area contributed by atoms with Crippen molar-refractivity contribution in [1.82, 2.24) is 4.37 Å². The predicted molar refractivity (Wildman–Crippen MR) is 74.0 cm³/mol. The number of carbonyl (C=O) groups excluding carboxylic acids is 1. The summed E-state index contributed by atoms with van der Waals surface area (Å²) in [5, 5.41) is 4.67. The molecule has 0 bridgehead atoms. The van der Waals surface area contributed by atoms with Crippen LogP contribution in [0.25, 0.3) is 10.9 Å². The number of anilines is 1. The third-order valence-electron chi connectivity index (χ3n) is 2.65. The van der Waals surface area contributed by atoms with Crippen molar-refractivity contribution in [1.29, 1.82) is 0 Å². The fourth-order valence-electron chi connectivity index (χ4n) is 1.74. The molecule has 2 aromatic carbocycles. The normalized spacial score (nSPS) is 10.4. The molecule has 3 aromatic rings. The van der Waals surface area contributed by atoms with Gasteiger partial charge >= 0.3 is 0 Å². The second-order valence-corrected chi connectivity index (χ2v) is 4.62. The lowest BCUT2D eigenvalue weighted by Gasteiger charge is -2.02. The monoisotopic (exact) mass is 254 g/mol. The molecule has 1 N–H and O–H groups in total. The molecule has 0 radical (unpaired) electrons. The lowest BCUT2D eigenvalue weighted by molar-refractivity contribution is 0.102. The van der Waals surface area contributed by atoms with Crippen LogP contribution in [0.1, 0.15) is 10.4 Å². The SMILES string of the molecule is O=C(Nc1snc2ccccc12)c1ccccc1. The van der Waals surface area contributed by atoms with Crippen molar-refractivity contribution in [3.8, 4) is 0 Å². The number of nitrogens with one attached hydrogen (secondary N) is 1. The number of amides is 1. The van der Waals surface area contributed by atoms with Crippen LogP contribution in [-0.4, -0.2) is 10.3 Å². The van der Waals surface area contributed by atoms with Crippen LogP contribution in [0.5, 0.6) is 0 Å². The van der Waals surface area contributed by atoms with Crippen LogP contribution < -0.4 is 5.32 Å². The highest BCUT2D eigenvalue weighted by molar-refractivity contribution is 7.12. The first kappa shape index (κ1) is 10.9. The van der Waals surface area contributed by atoms with Gasteiger partial charge in [-0.2, -0.15) is 4.37 Å². The highest BCUT2D eigenvalue weighted by atomic mass is 32.1. The fraction of sp³-hybridized carbons (Fsp3) is 0. The molecule has 0 unspecified atom stereocenters. The van der Waals surface area contributed by atoms with Gasteiger partial charge in [-0.05, 0) is 35.8 Å². The van der Waals surface area contributed by atoms with Crippen LogP contribution in [0.3, 0.4) is 0 Å². The van der Waals surface area contributed by atoms with Crippen molar-refractivity contribution < 1.29 is 4.79 Å². The molecule has 0 saturated heterocycles. The molecule has 0 aliphatic carbocycles. The van der Waals surface area contributed by atoms with Crippen molar-refractivity contribution in [2.75, 3.05) is 5.32 Å². The maximum Gasteiger partial charge on any atom is 0.256 e. The quantitative estimate of drug-likeness (QED) is 0.760. The zero-order valence-corrected chi connectivity index (χ0v) is 10.3. The zero-order valence-electron chi connectivity index (χ0n) is 9.46. The van der Waals surface area contributed by atoms with E-state index in [0.717, 1.165) is 15.9 Å². The minimum Gasteiger partial charge on any atom is -0.312 e. The van der Waals surface area contributed by atoms with Crippen LogP contribution in [0, 0.1) is 0 Å². The van der Waals surface area contributed by atoms with Crippen molar-refractivity contribution in [3.05, 3.63) is 60.2 Å². The van der Waals surface area contributed by atoms with Crippen LogP contribution >= 0.6 is 11.5 Å². The highest BCUT2D eigenvalue weighted by Crippen LogP contribution is 2.27. The minimum atomic E-state index is -0.106. The van der Waals surface area contributed by atoms with Gasteiger partial charge in [0.05, 0.1) is 5.52 Å². The van der Waals surface area contributed by atoms with E-state index in [0.29, 0.717) is 5.56 Å². The van der Waals surface area contributed by atoms with Crippen molar-refractivity contribution >= 4 is 33.3 Å². The molecular formula is C14H10N2OS. The van der Waals surface area contributed by atoms with Crippen molar-refractivity contribution in [3.63, 3.8) is 0 Å². The Morgan fingerprint density at radius 1 is 1.00 bits per heavy atom. The Morgan fingerprint density at radius 2 is 1.72 bits per heavy atom. The maximum atomic E-state index is 12.0. The lowest BCUT2D eigenvalue weighted by Crippen LogP contribution is -2.10.